The Morgan fingerprint density at radius 3 is 2.16 bits per heavy atom. The van der Waals surface area contributed by atoms with E-state index >= 15 is 0 Å². The van der Waals surface area contributed by atoms with Crippen molar-refractivity contribution in [3.8, 4) is 0 Å². The summed E-state index contributed by atoms with van der Waals surface area (Å²) in [6, 6.07) is -1.09. The van der Waals surface area contributed by atoms with Crippen molar-refractivity contribution in [3.63, 3.8) is 0 Å². The van der Waals surface area contributed by atoms with Crippen molar-refractivity contribution in [2.45, 2.75) is 38.8 Å². The van der Waals surface area contributed by atoms with Crippen LogP contribution in [0.5, 0.6) is 0 Å². The van der Waals surface area contributed by atoms with Gasteiger partial charge in [-0.25, -0.2) is 9.59 Å². The first-order chi connectivity index (χ1) is 11.6. The Balaban J connectivity index is 3.22. The number of Topliss-reactive ketones (excluding diaryl/α,β-unsaturated/α-hetero) is 1. The van der Waals surface area contributed by atoms with E-state index in [9.17, 15) is 19.2 Å². The van der Waals surface area contributed by atoms with Gasteiger partial charge in [0.25, 0.3) is 0 Å². The van der Waals surface area contributed by atoms with E-state index in [4.69, 9.17) is 9.47 Å². The molecule has 1 aliphatic rings. The van der Waals surface area contributed by atoms with Crippen LogP contribution >= 0.6 is 15.9 Å². The van der Waals surface area contributed by atoms with Crippen LogP contribution in [0, 0.1) is 11.8 Å². The fourth-order valence-corrected chi connectivity index (χ4v) is 3.23. The zero-order chi connectivity index (χ0) is 19.4. The molecule has 9 heteroatoms. The minimum absolute atomic E-state index is 0.0270. The predicted molar refractivity (Wildman–Crippen MR) is 91.2 cm³/mol. The predicted octanol–water partition coefficient (Wildman–Crippen LogP) is 1.54. The van der Waals surface area contributed by atoms with Crippen molar-refractivity contribution in [2.24, 2.45) is 11.8 Å². The molecular weight excluding hydrogens is 398 g/mol. The number of alkyl halides is 1. The number of halogens is 1. The molecule has 0 aromatic heterocycles. The monoisotopic (exact) mass is 421 g/mol. The highest BCUT2D eigenvalue weighted by molar-refractivity contribution is 9.09. The standard InChI is InChI=1S/C16H24BrNO7/c1-16(2,3)25-15(22)18-8-10(11(19)7-17)9(6-12(20)23-4)13(18)14(21)24-5/h9-10,13H,6-8H2,1-5H3/t9-,10+,13-/m0/s1. The van der Waals surface area contributed by atoms with Gasteiger partial charge in [-0.3, -0.25) is 14.5 Å². The van der Waals surface area contributed by atoms with Crippen LogP contribution in [0.4, 0.5) is 4.79 Å². The molecule has 0 aromatic rings. The summed E-state index contributed by atoms with van der Waals surface area (Å²) in [5, 5.41) is 0.0470. The fourth-order valence-electron chi connectivity index (χ4n) is 2.81. The molecule has 1 fully saturated rings. The lowest BCUT2D eigenvalue weighted by atomic mass is 9.85. The van der Waals surface area contributed by atoms with Gasteiger partial charge >= 0.3 is 18.0 Å². The number of nitrogens with zero attached hydrogens (tertiary/aromatic N) is 1. The molecule has 0 saturated carbocycles. The van der Waals surface area contributed by atoms with E-state index in [2.05, 4.69) is 20.7 Å². The third-order valence-corrected chi connectivity index (χ3v) is 4.45. The summed E-state index contributed by atoms with van der Waals surface area (Å²) in [7, 11) is 2.40. The molecule has 0 N–H and O–H groups in total. The summed E-state index contributed by atoms with van der Waals surface area (Å²) in [6.45, 7) is 5.06. The van der Waals surface area contributed by atoms with Gasteiger partial charge in [0, 0.05) is 18.4 Å². The lowest BCUT2D eigenvalue weighted by Crippen LogP contribution is -2.46. The van der Waals surface area contributed by atoms with Crippen molar-refractivity contribution >= 4 is 39.7 Å². The number of carbonyl (C=O) groups excluding carboxylic acids is 4. The molecule has 25 heavy (non-hydrogen) atoms. The minimum Gasteiger partial charge on any atom is -0.469 e. The van der Waals surface area contributed by atoms with Gasteiger partial charge in [-0.05, 0) is 20.8 Å². The highest BCUT2D eigenvalue weighted by atomic mass is 79.9. The maximum atomic E-state index is 12.5. The normalized spacial score (nSPS) is 23.1. The molecule has 0 unspecified atom stereocenters. The number of hydrogen-bond acceptors (Lipinski definition) is 7. The van der Waals surface area contributed by atoms with Crippen LogP contribution in [-0.4, -0.2) is 66.5 Å². The molecule has 1 saturated heterocycles. The Morgan fingerprint density at radius 1 is 1.12 bits per heavy atom. The summed E-state index contributed by atoms with van der Waals surface area (Å²) < 4.78 is 14.8. The average Bonchev–Trinajstić information content (AvgIpc) is 2.90. The van der Waals surface area contributed by atoms with Crippen molar-refractivity contribution in [1.82, 2.24) is 4.90 Å². The topological polar surface area (TPSA) is 99.2 Å². The Labute approximate surface area is 155 Å². The summed E-state index contributed by atoms with van der Waals surface area (Å²) in [4.78, 5) is 50.0. The number of rotatable bonds is 5. The summed E-state index contributed by atoms with van der Waals surface area (Å²) in [5.74, 6) is -2.93. The summed E-state index contributed by atoms with van der Waals surface area (Å²) >= 11 is 3.10. The van der Waals surface area contributed by atoms with Crippen LogP contribution in [0.3, 0.4) is 0 Å². The molecule has 142 valence electrons. The largest absolute Gasteiger partial charge is 0.469 e. The maximum Gasteiger partial charge on any atom is 0.411 e. The molecule has 0 radical (unpaired) electrons. The van der Waals surface area contributed by atoms with E-state index < -0.39 is 41.5 Å². The number of esters is 2. The van der Waals surface area contributed by atoms with Gasteiger partial charge in [-0.1, -0.05) is 15.9 Å². The van der Waals surface area contributed by atoms with Crippen LogP contribution in [0.25, 0.3) is 0 Å². The van der Waals surface area contributed by atoms with Crippen molar-refractivity contribution in [1.29, 1.82) is 0 Å². The average molecular weight is 422 g/mol. The zero-order valence-electron chi connectivity index (χ0n) is 15.0. The van der Waals surface area contributed by atoms with E-state index in [1.54, 1.807) is 20.8 Å². The van der Waals surface area contributed by atoms with Gasteiger partial charge in [0.15, 0.2) is 0 Å². The van der Waals surface area contributed by atoms with Crippen molar-refractivity contribution < 1.29 is 33.4 Å². The van der Waals surface area contributed by atoms with E-state index in [1.165, 1.54) is 14.2 Å². The fraction of sp³-hybridized carbons (Fsp3) is 0.750. The lowest BCUT2D eigenvalue weighted by molar-refractivity contribution is -0.149. The molecule has 0 spiro atoms. The minimum atomic E-state index is -1.09. The smallest absolute Gasteiger partial charge is 0.411 e. The van der Waals surface area contributed by atoms with Crippen molar-refractivity contribution in [2.75, 3.05) is 26.1 Å². The third-order valence-electron chi connectivity index (χ3n) is 3.90. The van der Waals surface area contributed by atoms with E-state index in [-0.39, 0.29) is 24.1 Å². The highest BCUT2D eigenvalue weighted by Gasteiger charge is 2.52. The van der Waals surface area contributed by atoms with Crippen LogP contribution in [-0.2, 0) is 28.6 Å². The summed E-state index contributed by atoms with van der Waals surface area (Å²) in [5.41, 5.74) is -0.771. The highest BCUT2D eigenvalue weighted by Crippen LogP contribution is 2.35. The van der Waals surface area contributed by atoms with Crippen LogP contribution in [0.2, 0.25) is 0 Å². The van der Waals surface area contributed by atoms with Gasteiger partial charge in [-0.15, -0.1) is 0 Å². The first kappa shape index (κ1) is 21.4. The molecule has 8 nitrogen and oxygen atoms in total. The maximum absolute atomic E-state index is 12.5. The van der Waals surface area contributed by atoms with Gasteiger partial charge in [-0.2, -0.15) is 0 Å². The first-order valence-electron chi connectivity index (χ1n) is 7.78. The molecule has 1 rings (SSSR count). The lowest BCUT2D eigenvalue weighted by Gasteiger charge is -2.28. The molecule has 1 aliphatic heterocycles. The summed E-state index contributed by atoms with van der Waals surface area (Å²) in [6.07, 6.45) is -0.915. The molecule has 1 heterocycles. The quantitative estimate of drug-likeness (QED) is 0.377. The molecule has 0 aromatic carbocycles. The first-order valence-corrected chi connectivity index (χ1v) is 8.90. The Hall–Kier alpha value is -1.64. The number of ether oxygens (including phenoxy) is 3. The van der Waals surface area contributed by atoms with Crippen LogP contribution < -0.4 is 0 Å². The van der Waals surface area contributed by atoms with Crippen LogP contribution in [0.1, 0.15) is 27.2 Å². The van der Waals surface area contributed by atoms with E-state index in [0.29, 0.717) is 0 Å². The SMILES string of the molecule is COC(=O)C[C@@H]1[C@@H](C(=O)OC)N(C(=O)OC(C)(C)C)C[C@H]1C(=O)CBr. The zero-order valence-corrected chi connectivity index (χ0v) is 16.6. The number of carbonyl (C=O) groups is 4. The molecule has 0 aliphatic carbocycles. The van der Waals surface area contributed by atoms with E-state index in [0.717, 1.165) is 4.90 Å². The van der Waals surface area contributed by atoms with Crippen LogP contribution in [0.15, 0.2) is 0 Å². The molecule has 0 bridgehead atoms. The Kier molecular flexibility index (Phi) is 7.40. The Bertz CT molecular complexity index is 543. The second-order valence-corrected chi connectivity index (χ2v) is 7.31. The number of ketones is 1. The molecule has 3 atom stereocenters. The van der Waals surface area contributed by atoms with E-state index in [1.807, 2.05) is 0 Å². The number of hydrogen-bond donors (Lipinski definition) is 0. The second-order valence-electron chi connectivity index (χ2n) is 6.75. The number of likely N-dealkylation sites (tertiary alicyclic amines) is 1. The molecular formula is C16H24BrNO7. The van der Waals surface area contributed by atoms with Crippen molar-refractivity contribution in [3.05, 3.63) is 0 Å². The molecule has 1 amide bonds. The van der Waals surface area contributed by atoms with Gasteiger partial charge in [0.05, 0.1) is 26.0 Å². The Morgan fingerprint density at radius 2 is 1.72 bits per heavy atom. The van der Waals surface area contributed by atoms with Gasteiger partial charge < -0.3 is 14.2 Å². The number of amides is 1. The second kappa shape index (κ2) is 8.64. The van der Waals surface area contributed by atoms with Gasteiger partial charge in [0.1, 0.15) is 17.4 Å². The number of methoxy groups -OCH3 is 2. The van der Waals surface area contributed by atoms with Gasteiger partial charge in [0.2, 0.25) is 0 Å². The third kappa shape index (κ3) is 5.42.